The van der Waals surface area contributed by atoms with Crippen molar-refractivity contribution in [2.45, 2.75) is 41.5 Å². The average molecular weight is 356 g/mol. The molecule has 0 saturated heterocycles. The zero-order chi connectivity index (χ0) is 19.4. The molecule has 0 N–H and O–H groups in total. The van der Waals surface area contributed by atoms with Crippen LogP contribution in [0.4, 0.5) is 5.69 Å². The fourth-order valence-corrected chi connectivity index (χ4v) is 3.31. The number of nitrogens with zero attached hydrogens (tertiary/aromatic N) is 3. The van der Waals surface area contributed by atoms with Gasteiger partial charge >= 0.3 is 0 Å². The first-order valence-electron chi connectivity index (χ1n) is 9.36. The number of benzene rings is 1. The Bertz CT molecular complexity index is 745. The van der Waals surface area contributed by atoms with Crippen molar-refractivity contribution in [1.82, 2.24) is 9.88 Å². The van der Waals surface area contributed by atoms with Crippen LogP contribution in [0.15, 0.2) is 18.2 Å². The molecule has 0 saturated carbocycles. The lowest BCUT2D eigenvalue weighted by Gasteiger charge is -2.27. The highest BCUT2D eigenvalue weighted by atomic mass is 16.5. The molecule has 1 heterocycles. The van der Waals surface area contributed by atoms with Gasteiger partial charge in [-0.25, -0.2) is 4.98 Å². The molecule has 1 aromatic carbocycles. The number of aryl methyl sites for hydroxylation is 4. The van der Waals surface area contributed by atoms with Crippen molar-refractivity contribution in [2.24, 2.45) is 0 Å². The third-order valence-electron chi connectivity index (χ3n) is 4.67. The van der Waals surface area contributed by atoms with Gasteiger partial charge in [-0.15, -0.1) is 0 Å². The molecule has 1 aromatic heterocycles. The molecule has 142 valence electrons. The zero-order valence-corrected chi connectivity index (χ0v) is 17.6. The van der Waals surface area contributed by atoms with Crippen LogP contribution in [0.2, 0.25) is 0 Å². The van der Waals surface area contributed by atoms with E-state index >= 15 is 0 Å². The first-order valence-corrected chi connectivity index (χ1v) is 9.36. The standard InChI is InChI=1S/C22H33N3O/c1-9-25(11-10-24(7)8)20-14-18(5)23-22(19(20)6)26-21-16(3)12-15(2)13-17(21)4/h12-14H,9-11H2,1-8H3. The molecular formula is C22H33N3O. The maximum atomic E-state index is 6.32. The third-order valence-corrected chi connectivity index (χ3v) is 4.67. The second-order valence-electron chi connectivity index (χ2n) is 7.43. The minimum atomic E-state index is 0.707. The van der Waals surface area contributed by atoms with Crippen LogP contribution in [0, 0.1) is 34.6 Å². The Hall–Kier alpha value is -2.07. The Morgan fingerprint density at radius 3 is 2.08 bits per heavy atom. The molecule has 0 aliphatic rings. The van der Waals surface area contributed by atoms with Crippen LogP contribution >= 0.6 is 0 Å². The van der Waals surface area contributed by atoms with E-state index in [2.05, 4.69) is 81.7 Å². The van der Waals surface area contributed by atoms with Crippen molar-refractivity contribution >= 4 is 5.69 Å². The van der Waals surface area contributed by atoms with Gasteiger partial charge in [-0.05, 0) is 72.8 Å². The first-order chi connectivity index (χ1) is 12.2. The van der Waals surface area contributed by atoms with Crippen LogP contribution in [-0.2, 0) is 0 Å². The van der Waals surface area contributed by atoms with Gasteiger partial charge in [0.05, 0.1) is 0 Å². The van der Waals surface area contributed by atoms with Crippen LogP contribution in [0.5, 0.6) is 11.6 Å². The molecule has 0 atom stereocenters. The Balaban J connectivity index is 2.40. The van der Waals surface area contributed by atoms with Gasteiger partial charge in [0.2, 0.25) is 5.88 Å². The molecule has 0 aliphatic heterocycles. The van der Waals surface area contributed by atoms with E-state index in [0.717, 1.165) is 47.8 Å². The van der Waals surface area contributed by atoms with E-state index in [0.29, 0.717) is 5.88 Å². The van der Waals surface area contributed by atoms with E-state index in [-0.39, 0.29) is 0 Å². The molecule has 0 spiro atoms. The van der Waals surface area contributed by atoms with Crippen LogP contribution in [0.3, 0.4) is 0 Å². The van der Waals surface area contributed by atoms with E-state index in [1.165, 1.54) is 11.3 Å². The molecule has 0 radical (unpaired) electrons. The fraction of sp³-hybridized carbons (Fsp3) is 0.500. The maximum Gasteiger partial charge on any atom is 0.224 e. The highest BCUT2D eigenvalue weighted by Gasteiger charge is 2.16. The monoisotopic (exact) mass is 355 g/mol. The number of anilines is 1. The van der Waals surface area contributed by atoms with Gasteiger partial charge < -0.3 is 14.5 Å². The molecule has 4 heteroatoms. The molecule has 0 fully saturated rings. The fourth-order valence-electron chi connectivity index (χ4n) is 3.31. The van der Waals surface area contributed by atoms with Gasteiger partial charge in [0.1, 0.15) is 5.75 Å². The predicted octanol–water partition coefficient (Wildman–Crippen LogP) is 4.80. The lowest BCUT2D eigenvalue weighted by Crippen LogP contribution is -2.32. The summed E-state index contributed by atoms with van der Waals surface area (Å²) in [7, 11) is 4.21. The molecule has 4 nitrogen and oxygen atoms in total. The van der Waals surface area contributed by atoms with Crippen molar-refractivity contribution in [1.29, 1.82) is 0 Å². The summed E-state index contributed by atoms with van der Waals surface area (Å²) in [5.74, 6) is 1.62. The molecule has 2 aromatic rings. The van der Waals surface area contributed by atoms with Gasteiger partial charge in [-0.2, -0.15) is 0 Å². The number of hydrogen-bond donors (Lipinski definition) is 0. The Kier molecular flexibility index (Phi) is 6.65. The van der Waals surface area contributed by atoms with Crippen molar-refractivity contribution in [3.05, 3.63) is 46.1 Å². The summed E-state index contributed by atoms with van der Waals surface area (Å²) in [6, 6.07) is 6.48. The van der Waals surface area contributed by atoms with Crippen LogP contribution in [-0.4, -0.2) is 43.6 Å². The average Bonchev–Trinajstić information content (AvgIpc) is 2.54. The molecule has 26 heavy (non-hydrogen) atoms. The maximum absolute atomic E-state index is 6.32. The summed E-state index contributed by atoms with van der Waals surface area (Å²) in [6.07, 6.45) is 0. The summed E-state index contributed by atoms with van der Waals surface area (Å²) in [6.45, 7) is 15.6. The predicted molar refractivity (Wildman–Crippen MR) is 111 cm³/mol. The van der Waals surface area contributed by atoms with E-state index in [1.807, 2.05) is 6.92 Å². The molecule has 0 aliphatic carbocycles. The largest absolute Gasteiger partial charge is 0.438 e. The minimum Gasteiger partial charge on any atom is -0.438 e. The lowest BCUT2D eigenvalue weighted by molar-refractivity contribution is 0.413. The molecule has 0 amide bonds. The topological polar surface area (TPSA) is 28.6 Å². The number of ether oxygens (including phenoxy) is 1. The number of likely N-dealkylation sites (N-methyl/N-ethyl adjacent to an activating group) is 2. The highest BCUT2D eigenvalue weighted by Crippen LogP contribution is 2.34. The SMILES string of the molecule is CCN(CCN(C)C)c1cc(C)nc(Oc2c(C)cc(C)cc2C)c1C. The molecule has 0 bridgehead atoms. The Morgan fingerprint density at radius 2 is 1.54 bits per heavy atom. The Morgan fingerprint density at radius 1 is 0.923 bits per heavy atom. The molecule has 0 unspecified atom stereocenters. The van der Waals surface area contributed by atoms with Crippen molar-refractivity contribution < 1.29 is 4.74 Å². The van der Waals surface area contributed by atoms with Gasteiger partial charge in [-0.1, -0.05) is 17.7 Å². The Labute approximate surface area is 158 Å². The first kappa shape index (κ1) is 20.2. The van der Waals surface area contributed by atoms with Gasteiger partial charge in [-0.3, -0.25) is 0 Å². The molecular weight excluding hydrogens is 322 g/mol. The van der Waals surface area contributed by atoms with E-state index < -0.39 is 0 Å². The second-order valence-corrected chi connectivity index (χ2v) is 7.43. The number of hydrogen-bond acceptors (Lipinski definition) is 4. The highest BCUT2D eigenvalue weighted by molar-refractivity contribution is 5.58. The summed E-state index contributed by atoms with van der Waals surface area (Å²) in [5.41, 5.74) is 6.82. The summed E-state index contributed by atoms with van der Waals surface area (Å²) >= 11 is 0. The van der Waals surface area contributed by atoms with Gasteiger partial charge in [0.25, 0.3) is 0 Å². The number of aromatic nitrogens is 1. The van der Waals surface area contributed by atoms with E-state index in [1.54, 1.807) is 0 Å². The third kappa shape index (κ3) is 4.76. The zero-order valence-electron chi connectivity index (χ0n) is 17.6. The number of pyridine rings is 1. The lowest BCUT2D eigenvalue weighted by atomic mass is 10.1. The minimum absolute atomic E-state index is 0.707. The van der Waals surface area contributed by atoms with Crippen LogP contribution < -0.4 is 9.64 Å². The van der Waals surface area contributed by atoms with Crippen molar-refractivity contribution in [3.63, 3.8) is 0 Å². The second kappa shape index (κ2) is 8.54. The van der Waals surface area contributed by atoms with Crippen LogP contribution in [0.25, 0.3) is 0 Å². The normalized spacial score (nSPS) is 11.1. The van der Waals surface area contributed by atoms with E-state index in [4.69, 9.17) is 4.74 Å². The summed E-state index contributed by atoms with van der Waals surface area (Å²) in [4.78, 5) is 9.29. The van der Waals surface area contributed by atoms with Gasteiger partial charge in [0.15, 0.2) is 0 Å². The molecule has 2 rings (SSSR count). The quantitative estimate of drug-likeness (QED) is 0.713. The summed E-state index contributed by atoms with van der Waals surface area (Å²) < 4.78 is 6.32. The smallest absolute Gasteiger partial charge is 0.224 e. The summed E-state index contributed by atoms with van der Waals surface area (Å²) in [5, 5.41) is 0. The van der Waals surface area contributed by atoms with Crippen molar-refractivity contribution in [3.8, 4) is 11.6 Å². The van der Waals surface area contributed by atoms with Gasteiger partial charge in [0, 0.05) is 36.6 Å². The van der Waals surface area contributed by atoms with Crippen molar-refractivity contribution in [2.75, 3.05) is 38.6 Å². The van der Waals surface area contributed by atoms with Crippen LogP contribution in [0.1, 0.15) is 34.9 Å². The number of rotatable bonds is 7. The van der Waals surface area contributed by atoms with E-state index in [9.17, 15) is 0 Å².